The van der Waals surface area contributed by atoms with Crippen LogP contribution in [0.2, 0.25) is 0 Å². The van der Waals surface area contributed by atoms with Crippen LogP contribution in [0.1, 0.15) is 51.2 Å². The van der Waals surface area contributed by atoms with Crippen molar-refractivity contribution in [3.8, 4) is 0 Å². The van der Waals surface area contributed by atoms with Crippen LogP contribution in [-0.4, -0.2) is 40.5 Å². The van der Waals surface area contributed by atoms with Crippen LogP contribution in [0.25, 0.3) is 10.9 Å². The van der Waals surface area contributed by atoms with Crippen molar-refractivity contribution < 1.29 is 9.59 Å². The topological polar surface area (TPSA) is 65.5 Å². The maximum atomic E-state index is 12.4. The largest absolute Gasteiger partial charge is 0.353 e. The molecule has 0 saturated heterocycles. The van der Waals surface area contributed by atoms with Crippen molar-refractivity contribution in [2.24, 2.45) is 4.99 Å². The molecule has 1 N–H and O–H groups in total. The van der Waals surface area contributed by atoms with Gasteiger partial charge in [0.2, 0.25) is 0 Å². The van der Waals surface area contributed by atoms with Gasteiger partial charge >= 0.3 is 0 Å². The number of unbranched alkanes of at least 4 members (excludes halogenated alkanes) is 1. The van der Waals surface area contributed by atoms with Crippen LogP contribution >= 0.6 is 0 Å². The highest BCUT2D eigenvalue weighted by Crippen LogP contribution is 2.28. The number of nitrogens with one attached hydrogen (secondary N) is 1. The predicted molar refractivity (Wildman–Crippen MR) is 109 cm³/mol. The van der Waals surface area contributed by atoms with Crippen LogP contribution in [-0.2, 0) is 6.42 Å². The minimum absolute atomic E-state index is 0.173. The molecule has 0 spiro atoms. The van der Waals surface area contributed by atoms with Crippen molar-refractivity contribution in [3.63, 3.8) is 0 Å². The van der Waals surface area contributed by atoms with Crippen molar-refractivity contribution in [2.75, 3.05) is 13.1 Å². The lowest BCUT2D eigenvalue weighted by atomic mass is 9.99. The Labute approximate surface area is 163 Å². The molecule has 3 aromatic rings. The molecule has 5 nitrogen and oxygen atoms in total. The number of carbonyl (C=O) groups is 2. The molecular formula is C23H21N3O2. The number of fused-ring (bicyclic) bond motifs is 4. The molecule has 0 fully saturated rings. The summed E-state index contributed by atoms with van der Waals surface area (Å²) in [7, 11) is 0. The number of H-pyrrole nitrogens is 1. The number of aliphatic imine (C=N–C) groups is 1. The quantitative estimate of drug-likeness (QED) is 0.545. The predicted octanol–water partition coefficient (Wildman–Crippen LogP) is 3.98. The van der Waals surface area contributed by atoms with Crippen molar-refractivity contribution in [1.82, 2.24) is 9.88 Å². The van der Waals surface area contributed by atoms with E-state index in [0.29, 0.717) is 17.7 Å². The van der Waals surface area contributed by atoms with E-state index in [9.17, 15) is 9.59 Å². The Balaban J connectivity index is 1.24. The lowest BCUT2D eigenvalue weighted by Crippen LogP contribution is -2.30. The second-order valence-electron chi connectivity index (χ2n) is 7.37. The zero-order valence-corrected chi connectivity index (χ0v) is 15.6. The lowest BCUT2D eigenvalue weighted by Gasteiger charge is -2.15. The molecule has 2 aliphatic rings. The number of aromatic nitrogens is 1. The lowest BCUT2D eigenvalue weighted by molar-refractivity contribution is 0.0652. The molecule has 5 heteroatoms. The van der Waals surface area contributed by atoms with Gasteiger partial charge in [0.25, 0.3) is 11.8 Å². The van der Waals surface area contributed by atoms with E-state index in [1.54, 1.807) is 24.3 Å². The average molecular weight is 371 g/mol. The van der Waals surface area contributed by atoms with Gasteiger partial charge in [-0.3, -0.25) is 19.5 Å². The number of para-hydroxylation sites is 1. The third-order valence-electron chi connectivity index (χ3n) is 5.69. The van der Waals surface area contributed by atoms with E-state index in [2.05, 4.69) is 23.2 Å². The number of hydrogen-bond donors (Lipinski definition) is 1. The number of imide groups is 1. The van der Waals surface area contributed by atoms with Crippen LogP contribution in [0.5, 0.6) is 0 Å². The first-order chi connectivity index (χ1) is 13.7. The van der Waals surface area contributed by atoms with Crippen molar-refractivity contribution in [3.05, 3.63) is 70.9 Å². The van der Waals surface area contributed by atoms with Gasteiger partial charge < -0.3 is 4.98 Å². The molecule has 140 valence electrons. The van der Waals surface area contributed by atoms with E-state index in [0.717, 1.165) is 49.2 Å². The Hall–Kier alpha value is -3.21. The summed E-state index contributed by atoms with van der Waals surface area (Å²) in [4.78, 5) is 34.5. The summed E-state index contributed by atoms with van der Waals surface area (Å²) in [5.41, 5.74) is 5.83. The summed E-state index contributed by atoms with van der Waals surface area (Å²) in [6, 6.07) is 15.4. The fraction of sp³-hybridized carbons (Fsp3) is 0.261. The first-order valence-electron chi connectivity index (χ1n) is 9.82. The first kappa shape index (κ1) is 16.9. The van der Waals surface area contributed by atoms with Gasteiger partial charge in [0, 0.05) is 24.0 Å². The SMILES string of the molecule is O=C1c2ccccc2C(=O)N1CCCCC1=NCCc2c1[nH]c1ccccc21. The van der Waals surface area contributed by atoms with Gasteiger partial charge in [-0.2, -0.15) is 0 Å². The van der Waals surface area contributed by atoms with Gasteiger partial charge in [-0.25, -0.2) is 0 Å². The second kappa shape index (κ2) is 6.75. The molecule has 0 atom stereocenters. The Morgan fingerprint density at radius 2 is 1.64 bits per heavy atom. The van der Waals surface area contributed by atoms with Crippen LogP contribution < -0.4 is 0 Å². The third-order valence-corrected chi connectivity index (χ3v) is 5.69. The summed E-state index contributed by atoms with van der Waals surface area (Å²) < 4.78 is 0. The number of hydrogen-bond acceptors (Lipinski definition) is 3. The number of nitrogens with zero attached hydrogens (tertiary/aromatic N) is 2. The van der Waals surface area contributed by atoms with E-state index in [1.807, 2.05) is 6.07 Å². The molecule has 28 heavy (non-hydrogen) atoms. The second-order valence-corrected chi connectivity index (χ2v) is 7.37. The summed E-state index contributed by atoms with van der Waals surface area (Å²) in [6.07, 6.45) is 3.49. The highest BCUT2D eigenvalue weighted by molar-refractivity contribution is 6.21. The zero-order valence-electron chi connectivity index (χ0n) is 15.6. The first-order valence-corrected chi connectivity index (χ1v) is 9.82. The monoisotopic (exact) mass is 371 g/mol. The fourth-order valence-electron chi connectivity index (χ4n) is 4.30. The normalized spacial score (nSPS) is 15.7. The summed E-state index contributed by atoms with van der Waals surface area (Å²) >= 11 is 0. The van der Waals surface area contributed by atoms with Crippen molar-refractivity contribution in [1.29, 1.82) is 0 Å². The maximum Gasteiger partial charge on any atom is 0.261 e. The fourth-order valence-corrected chi connectivity index (χ4v) is 4.30. The molecular weight excluding hydrogens is 350 g/mol. The third kappa shape index (κ3) is 2.66. The number of aromatic amines is 1. The molecule has 0 bridgehead atoms. The molecule has 2 aliphatic heterocycles. The number of benzene rings is 2. The summed E-state index contributed by atoms with van der Waals surface area (Å²) in [5.74, 6) is -0.345. The van der Waals surface area contributed by atoms with E-state index in [1.165, 1.54) is 15.8 Å². The van der Waals surface area contributed by atoms with Gasteiger partial charge in [-0.05, 0) is 49.4 Å². The molecule has 1 aromatic heterocycles. The van der Waals surface area contributed by atoms with Gasteiger partial charge in [-0.15, -0.1) is 0 Å². The van der Waals surface area contributed by atoms with Gasteiger partial charge in [-0.1, -0.05) is 30.3 Å². The highest BCUT2D eigenvalue weighted by atomic mass is 16.2. The van der Waals surface area contributed by atoms with E-state index < -0.39 is 0 Å². The molecule has 3 heterocycles. The van der Waals surface area contributed by atoms with E-state index in [-0.39, 0.29) is 11.8 Å². The molecule has 0 aliphatic carbocycles. The molecule has 2 aromatic carbocycles. The molecule has 0 radical (unpaired) electrons. The molecule has 0 saturated carbocycles. The van der Waals surface area contributed by atoms with Crippen LogP contribution in [0, 0.1) is 0 Å². The van der Waals surface area contributed by atoms with Gasteiger partial charge in [0.05, 0.1) is 22.5 Å². The van der Waals surface area contributed by atoms with Gasteiger partial charge in [0.15, 0.2) is 0 Å². The molecule has 5 rings (SSSR count). The number of rotatable bonds is 5. The standard InChI is InChI=1S/C23H21N3O2/c27-22-17-8-1-2-9-18(17)23(28)26(22)14-6-5-11-20-21-16(12-13-24-20)15-7-3-4-10-19(15)25-21/h1-4,7-10,25H,5-6,11-14H2. The Bertz CT molecular complexity index is 1090. The zero-order chi connectivity index (χ0) is 19.1. The van der Waals surface area contributed by atoms with E-state index >= 15 is 0 Å². The maximum absolute atomic E-state index is 12.4. The minimum atomic E-state index is -0.173. The van der Waals surface area contributed by atoms with Crippen LogP contribution in [0.3, 0.4) is 0 Å². The smallest absolute Gasteiger partial charge is 0.261 e. The van der Waals surface area contributed by atoms with Gasteiger partial charge in [0.1, 0.15) is 0 Å². The van der Waals surface area contributed by atoms with E-state index in [4.69, 9.17) is 4.99 Å². The summed E-state index contributed by atoms with van der Waals surface area (Å²) in [5, 5.41) is 1.29. The van der Waals surface area contributed by atoms with Crippen LogP contribution in [0.15, 0.2) is 53.5 Å². The van der Waals surface area contributed by atoms with Crippen molar-refractivity contribution in [2.45, 2.75) is 25.7 Å². The van der Waals surface area contributed by atoms with Crippen molar-refractivity contribution >= 4 is 28.4 Å². The minimum Gasteiger partial charge on any atom is -0.353 e. The summed E-state index contributed by atoms with van der Waals surface area (Å²) in [6.45, 7) is 1.28. The number of amides is 2. The highest BCUT2D eigenvalue weighted by Gasteiger charge is 2.34. The Morgan fingerprint density at radius 3 is 2.43 bits per heavy atom. The molecule has 2 amide bonds. The molecule has 0 unspecified atom stereocenters. The Morgan fingerprint density at radius 1 is 0.929 bits per heavy atom. The van der Waals surface area contributed by atoms with Crippen LogP contribution in [0.4, 0.5) is 0 Å². The average Bonchev–Trinajstić information content (AvgIpc) is 3.23. The number of carbonyl (C=O) groups excluding carboxylic acids is 2. The Kier molecular flexibility index (Phi) is 4.08.